The van der Waals surface area contributed by atoms with E-state index in [2.05, 4.69) is 36.4 Å². The summed E-state index contributed by atoms with van der Waals surface area (Å²) in [7, 11) is 0. The third-order valence-electron chi connectivity index (χ3n) is 5.42. The highest BCUT2D eigenvalue weighted by molar-refractivity contribution is 6.15. The van der Waals surface area contributed by atoms with Crippen LogP contribution in [0.3, 0.4) is 0 Å². The summed E-state index contributed by atoms with van der Waals surface area (Å²) in [4.78, 5) is 23.2. The topological polar surface area (TPSA) is 52.6 Å². The van der Waals surface area contributed by atoms with Crippen LogP contribution in [0.5, 0.6) is 0 Å². The van der Waals surface area contributed by atoms with Crippen molar-refractivity contribution in [1.29, 1.82) is 0 Å². The molecule has 0 spiro atoms. The molecule has 0 aliphatic heterocycles. The maximum absolute atomic E-state index is 11.7. The average molecular weight is 358 g/mol. The Labute approximate surface area is 156 Å². The fraction of sp³-hybridized carbons (Fsp3) is 0.217. The lowest BCUT2D eigenvalue weighted by atomic mass is 9.86. The van der Waals surface area contributed by atoms with E-state index in [4.69, 9.17) is 9.47 Å². The molecule has 0 bridgehead atoms. The van der Waals surface area contributed by atoms with Crippen molar-refractivity contribution in [3.05, 3.63) is 64.7 Å². The van der Waals surface area contributed by atoms with Crippen LogP contribution in [0.4, 0.5) is 0 Å². The highest BCUT2D eigenvalue weighted by Crippen LogP contribution is 2.45. The van der Waals surface area contributed by atoms with Gasteiger partial charge in [-0.1, -0.05) is 42.5 Å². The third-order valence-corrected chi connectivity index (χ3v) is 5.42. The lowest BCUT2D eigenvalue weighted by Gasteiger charge is -2.29. The number of esters is 2. The molecule has 0 aromatic heterocycles. The van der Waals surface area contributed by atoms with Crippen molar-refractivity contribution in [3.8, 4) is 0 Å². The highest BCUT2D eigenvalue weighted by atomic mass is 16.6. The molecule has 3 aromatic rings. The standard InChI is InChI=1S/C23H18O4/c1-12(24)26-20-9-8-17-18-7-6-14-4-3-5-15-10-16(22(18)21(14)15)11-19(17)23(20)27-13(2)25/h3-9,11,20,23H,10H2,1-2H3/t20-,23-/m1/s1. The van der Waals surface area contributed by atoms with Gasteiger partial charge in [0.05, 0.1) is 0 Å². The Balaban J connectivity index is 1.76. The van der Waals surface area contributed by atoms with Gasteiger partial charge in [-0.15, -0.1) is 0 Å². The molecule has 5 rings (SSSR count). The first kappa shape index (κ1) is 16.1. The van der Waals surface area contributed by atoms with Crippen molar-refractivity contribution in [2.45, 2.75) is 32.5 Å². The van der Waals surface area contributed by atoms with Crippen LogP contribution in [0.2, 0.25) is 0 Å². The highest BCUT2D eigenvalue weighted by Gasteiger charge is 2.34. The largest absolute Gasteiger partial charge is 0.454 e. The molecule has 0 fully saturated rings. The first-order valence-corrected chi connectivity index (χ1v) is 9.05. The van der Waals surface area contributed by atoms with Crippen molar-refractivity contribution in [2.75, 3.05) is 0 Å². The van der Waals surface area contributed by atoms with E-state index in [1.807, 2.05) is 12.2 Å². The zero-order valence-corrected chi connectivity index (χ0v) is 15.1. The van der Waals surface area contributed by atoms with E-state index in [0.717, 1.165) is 22.9 Å². The number of fused-ring (bicyclic) bond motifs is 2. The second kappa shape index (κ2) is 5.68. The number of hydrogen-bond donors (Lipinski definition) is 0. The Morgan fingerprint density at radius 2 is 1.78 bits per heavy atom. The average Bonchev–Trinajstić information content (AvgIpc) is 3.00. The fourth-order valence-electron chi connectivity index (χ4n) is 4.49. The Kier molecular flexibility index (Phi) is 3.38. The van der Waals surface area contributed by atoms with Crippen molar-refractivity contribution >= 4 is 39.6 Å². The maximum Gasteiger partial charge on any atom is 0.303 e. The van der Waals surface area contributed by atoms with E-state index in [0.29, 0.717) is 0 Å². The minimum absolute atomic E-state index is 0.395. The minimum atomic E-state index is -0.633. The van der Waals surface area contributed by atoms with Crippen molar-refractivity contribution in [3.63, 3.8) is 0 Å². The van der Waals surface area contributed by atoms with Crippen LogP contribution in [0.1, 0.15) is 42.2 Å². The molecule has 0 radical (unpaired) electrons. The summed E-state index contributed by atoms with van der Waals surface area (Å²) >= 11 is 0. The summed E-state index contributed by atoms with van der Waals surface area (Å²) in [5, 5.41) is 4.98. The molecule has 0 amide bonds. The Morgan fingerprint density at radius 1 is 0.963 bits per heavy atom. The second-order valence-electron chi connectivity index (χ2n) is 7.18. The first-order chi connectivity index (χ1) is 13.0. The van der Waals surface area contributed by atoms with Crippen LogP contribution in [0, 0.1) is 0 Å². The molecule has 2 atom stereocenters. The van der Waals surface area contributed by atoms with Gasteiger partial charge in [0.1, 0.15) is 0 Å². The molecule has 2 aliphatic rings. The van der Waals surface area contributed by atoms with Crippen LogP contribution >= 0.6 is 0 Å². The predicted octanol–water partition coefficient (Wildman–Crippen LogP) is 4.46. The number of hydrogen-bond acceptors (Lipinski definition) is 4. The number of ether oxygens (including phenoxy) is 2. The normalized spacial score (nSPS) is 19.5. The zero-order valence-electron chi connectivity index (χ0n) is 15.1. The first-order valence-electron chi connectivity index (χ1n) is 9.05. The number of carbonyl (C=O) groups is 2. The van der Waals surface area contributed by atoms with E-state index in [-0.39, 0.29) is 0 Å². The maximum atomic E-state index is 11.7. The number of carbonyl (C=O) groups excluding carboxylic acids is 2. The molecule has 0 saturated heterocycles. The number of benzene rings is 3. The number of rotatable bonds is 2. The van der Waals surface area contributed by atoms with Crippen LogP contribution < -0.4 is 0 Å². The lowest BCUT2D eigenvalue weighted by Crippen LogP contribution is -2.29. The van der Waals surface area contributed by atoms with Gasteiger partial charge in [0.15, 0.2) is 12.2 Å². The molecule has 0 heterocycles. The molecule has 27 heavy (non-hydrogen) atoms. The summed E-state index contributed by atoms with van der Waals surface area (Å²) in [5.41, 5.74) is 4.47. The van der Waals surface area contributed by atoms with E-state index in [1.165, 1.54) is 41.1 Å². The van der Waals surface area contributed by atoms with Crippen LogP contribution in [0.25, 0.3) is 27.6 Å². The molecular weight excluding hydrogens is 340 g/mol. The lowest BCUT2D eigenvalue weighted by molar-refractivity contribution is -0.162. The molecule has 0 unspecified atom stereocenters. The molecule has 4 nitrogen and oxygen atoms in total. The molecule has 0 saturated carbocycles. The van der Waals surface area contributed by atoms with Gasteiger partial charge in [-0.2, -0.15) is 0 Å². The fourth-order valence-corrected chi connectivity index (χ4v) is 4.49. The second-order valence-corrected chi connectivity index (χ2v) is 7.18. The van der Waals surface area contributed by atoms with E-state index < -0.39 is 24.1 Å². The smallest absolute Gasteiger partial charge is 0.303 e. The Bertz CT molecular complexity index is 1170. The van der Waals surface area contributed by atoms with Gasteiger partial charge in [-0.25, -0.2) is 0 Å². The molecule has 4 heteroatoms. The summed E-state index contributed by atoms with van der Waals surface area (Å²) in [6, 6.07) is 12.8. The van der Waals surface area contributed by atoms with Crippen LogP contribution in [0.15, 0.2) is 42.5 Å². The Morgan fingerprint density at radius 3 is 2.56 bits per heavy atom. The molecule has 3 aromatic carbocycles. The summed E-state index contributed by atoms with van der Waals surface area (Å²) in [5.74, 6) is -0.793. The van der Waals surface area contributed by atoms with Gasteiger partial charge >= 0.3 is 11.9 Å². The summed E-state index contributed by atoms with van der Waals surface area (Å²) < 4.78 is 11.0. The minimum Gasteiger partial charge on any atom is -0.454 e. The van der Waals surface area contributed by atoms with Gasteiger partial charge in [0.2, 0.25) is 0 Å². The van der Waals surface area contributed by atoms with E-state index >= 15 is 0 Å². The Hall–Kier alpha value is -3.14. The summed E-state index contributed by atoms with van der Waals surface area (Å²) in [6.07, 6.45) is 3.40. The molecule has 134 valence electrons. The van der Waals surface area contributed by atoms with Gasteiger partial charge in [0.25, 0.3) is 0 Å². The molecular formula is C23H18O4. The third kappa shape index (κ3) is 2.36. The van der Waals surface area contributed by atoms with Gasteiger partial charge in [-0.3, -0.25) is 9.59 Å². The zero-order chi connectivity index (χ0) is 18.7. The van der Waals surface area contributed by atoms with Crippen molar-refractivity contribution in [2.24, 2.45) is 0 Å². The molecule has 0 N–H and O–H groups in total. The monoisotopic (exact) mass is 358 g/mol. The van der Waals surface area contributed by atoms with Gasteiger partial charge in [-0.05, 0) is 50.7 Å². The van der Waals surface area contributed by atoms with Gasteiger partial charge in [0, 0.05) is 19.4 Å². The predicted molar refractivity (Wildman–Crippen MR) is 103 cm³/mol. The van der Waals surface area contributed by atoms with Crippen molar-refractivity contribution < 1.29 is 19.1 Å². The molecule has 2 aliphatic carbocycles. The van der Waals surface area contributed by atoms with E-state index in [1.54, 1.807) is 0 Å². The SMILES string of the molecule is CC(=O)O[C@@H]1c2cc3c4c(ccc5cccc(c54)C3)c2C=C[C@H]1OC(C)=O. The quantitative estimate of drug-likeness (QED) is 0.392. The van der Waals surface area contributed by atoms with Gasteiger partial charge < -0.3 is 9.47 Å². The van der Waals surface area contributed by atoms with Crippen molar-refractivity contribution in [1.82, 2.24) is 0 Å². The van der Waals surface area contributed by atoms with Crippen LogP contribution in [-0.4, -0.2) is 18.0 Å². The summed E-state index contributed by atoms with van der Waals surface area (Å²) in [6.45, 7) is 2.74. The van der Waals surface area contributed by atoms with E-state index in [9.17, 15) is 9.59 Å². The van der Waals surface area contributed by atoms with Crippen LogP contribution in [-0.2, 0) is 25.5 Å².